The van der Waals surface area contributed by atoms with Crippen molar-refractivity contribution in [3.8, 4) is 0 Å². The molecule has 0 spiro atoms. The smallest absolute Gasteiger partial charge is 0.254 e. The van der Waals surface area contributed by atoms with Crippen molar-refractivity contribution in [2.24, 2.45) is 0 Å². The Morgan fingerprint density at radius 1 is 0.882 bits per heavy atom. The minimum absolute atomic E-state index is 0.154. The van der Waals surface area contributed by atoms with Crippen LogP contribution < -0.4 is 4.90 Å². The number of rotatable bonds is 4. The lowest BCUT2D eigenvalue weighted by Crippen LogP contribution is -2.49. The molecule has 3 aromatic rings. The number of fused-ring (bicyclic) bond motifs is 1. The molecular weight excluding hydrogens is 472 g/mol. The molecule has 0 unspecified atom stereocenters. The summed E-state index contributed by atoms with van der Waals surface area (Å²) >= 11 is 5.92. The second kappa shape index (κ2) is 9.37. The van der Waals surface area contributed by atoms with Crippen LogP contribution in [-0.4, -0.2) is 61.2 Å². The van der Waals surface area contributed by atoms with Crippen LogP contribution in [0.5, 0.6) is 0 Å². The summed E-state index contributed by atoms with van der Waals surface area (Å²) in [6.45, 7) is 3.12. The van der Waals surface area contributed by atoms with Gasteiger partial charge in [0.2, 0.25) is 10.0 Å². The molecule has 34 heavy (non-hydrogen) atoms. The van der Waals surface area contributed by atoms with E-state index >= 15 is 0 Å². The first-order valence-electron chi connectivity index (χ1n) is 11.2. The van der Waals surface area contributed by atoms with Gasteiger partial charge in [-0.25, -0.2) is 13.4 Å². The first-order chi connectivity index (χ1) is 16.4. The number of amides is 1. The molecular formula is C25H25ClN4O3S. The molecule has 1 fully saturated rings. The van der Waals surface area contributed by atoms with Crippen molar-refractivity contribution in [3.05, 3.63) is 88.6 Å². The maximum absolute atomic E-state index is 13.3. The van der Waals surface area contributed by atoms with Gasteiger partial charge < -0.3 is 9.80 Å². The van der Waals surface area contributed by atoms with E-state index in [1.807, 2.05) is 30.3 Å². The molecule has 9 heteroatoms. The highest BCUT2D eigenvalue weighted by atomic mass is 35.5. The number of hydrogen-bond donors (Lipinski definition) is 0. The highest BCUT2D eigenvalue weighted by Gasteiger charge is 2.29. The minimum Gasteiger partial charge on any atom is -0.353 e. The van der Waals surface area contributed by atoms with Gasteiger partial charge in [-0.3, -0.25) is 4.79 Å². The second-order valence-electron chi connectivity index (χ2n) is 8.50. The topological polar surface area (TPSA) is 73.8 Å². The number of nitrogens with zero attached hydrogens (tertiary/aromatic N) is 4. The Hall–Kier alpha value is -2.94. The number of carbonyl (C=O) groups excluding carboxylic acids is 1. The van der Waals surface area contributed by atoms with E-state index < -0.39 is 10.0 Å². The fourth-order valence-corrected chi connectivity index (χ4v) is 6.07. The molecule has 0 saturated carbocycles. The summed E-state index contributed by atoms with van der Waals surface area (Å²) in [4.78, 5) is 21.5. The number of benzene rings is 2. The van der Waals surface area contributed by atoms with Crippen LogP contribution in [0, 0.1) is 0 Å². The largest absolute Gasteiger partial charge is 0.353 e. The number of pyridine rings is 1. The maximum atomic E-state index is 13.3. The van der Waals surface area contributed by atoms with Crippen molar-refractivity contribution in [2.75, 3.05) is 37.6 Å². The average Bonchev–Trinajstić information content (AvgIpc) is 2.88. The Morgan fingerprint density at radius 2 is 1.65 bits per heavy atom. The zero-order valence-corrected chi connectivity index (χ0v) is 20.2. The van der Waals surface area contributed by atoms with Crippen LogP contribution in [0.3, 0.4) is 0 Å². The first-order valence-corrected chi connectivity index (χ1v) is 13.1. The number of hydrogen-bond acceptors (Lipinski definition) is 5. The van der Waals surface area contributed by atoms with Crippen LogP contribution in [-0.2, 0) is 23.0 Å². The van der Waals surface area contributed by atoms with E-state index in [1.165, 1.54) is 15.9 Å². The Morgan fingerprint density at radius 3 is 2.38 bits per heavy atom. The zero-order valence-electron chi connectivity index (χ0n) is 18.6. The number of anilines is 1. The molecule has 3 heterocycles. The molecule has 0 radical (unpaired) electrons. The quantitative estimate of drug-likeness (QED) is 0.553. The Balaban J connectivity index is 1.28. The fraction of sp³-hybridized carbons (Fsp3) is 0.280. The predicted molar refractivity (Wildman–Crippen MR) is 132 cm³/mol. The molecule has 0 aliphatic carbocycles. The van der Waals surface area contributed by atoms with Gasteiger partial charge in [0.25, 0.3) is 5.91 Å². The fourth-order valence-electron chi connectivity index (χ4n) is 4.49. The predicted octanol–water partition coefficient (Wildman–Crippen LogP) is 3.44. The van der Waals surface area contributed by atoms with Crippen LogP contribution >= 0.6 is 11.6 Å². The van der Waals surface area contributed by atoms with E-state index in [4.69, 9.17) is 11.6 Å². The van der Waals surface area contributed by atoms with Crippen LogP contribution in [0.25, 0.3) is 0 Å². The second-order valence-corrected chi connectivity index (χ2v) is 10.9. The molecule has 1 aromatic heterocycles. The lowest BCUT2D eigenvalue weighted by molar-refractivity contribution is 0.0746. The van der Waals surface area contributed by atoms with Gasteiger partial charge >= 0.3 is 0 Å². The van der Waals surface area contributed by atoms with E-state index in [2.05, 4.69) is 9.88 Å². The van der Waals surface area contributed by atoms with Gasteiger partial charge in [0.1, 0.15) is 5.82 Å². The molecule has 1 saturated heterocycles. The highest BCUT2D eigenvalue weighted by molar-refractivity contribution is 7.89. The van der Waals surface area contributed by atoms with E-state index in [1.54, 1.807) is 35.4 Å². The lowest BCUT2D eigenvalue weighted by Gasteiger charge is -2.35. The summed E-state index contributed by atoms with van der Waals surface area (Å²) in [5, 5.41) is 0.584. The van der Waals surface area contributed by atoms with Crippen molar-refractivity contribution < 1.29 is 13.2 Å². The summed E-state index contributed by atoms with van der Waals surface area (Å²) in [6.07, 6.45) is 2.29. The van der Waals surface area contributed by atoms with E-state index in [0.717, 1.165) is 11.4 Å². The number of aromatic nitrogens is 1. The van der Waals surface area contributed by atoms with Crippen LogP contribution in [0.1, 0.15) is 21.5 Å². The van der Waals surface area contributed by atoms with Crippen molar-refractivity contribution in [2.45, 2.75) is 17.9 Å². The third-order valence-electron chi connectivity index (χ3n) is 6.42. The number of sulfonamides is 1. The van der Waals surface area contributed by atoms with Crippen molar-refractivity contribution in [3.63, 3.8) is 0 Å². The minimum atomic E-state index is -3.70. The maximum Gasteiger partial charge on any atom is 0.254 e. The van der Waals surface area contributed by atoms with E-state index in [0.29, 0.717) is 56.3 Å². The van der Waals surface area contributed by atoms with E-state index in [9.17, 15) is 13.2 Å². The summed E-state index contributed by atoms with van der Waals surface area (Å²) in [5.41, 5.74) is 2.60. The number of piperazine rings is 1. The number of halogens is 1. The Kier molecular flexibility index (Phi) is 6.29. The molecule has 176 valence electrons. The van der Waals surface area contributed by atoms with Crippen LogP contribution in [0.2, 0.25) is 5.02 Å². The SMILES string of the molecule is O=C(c1cccc(S(=O)(=O)N2CCc3ccccc3C2)c1)N1CCN(c2ccc(Cl)cn2)CC1. The van der Waals surface area contributed by atoms with Gasteiger partial charge in [-0.05, 0) is 47.9 Å². The average molecular weight is 497 g/mol. The van der Waals surface area contributed by atoms with Gasteiger partial charge in [-0.1, -0.05) is 41.9 Å². The molecule has 0 N–H and O–H groups in total. The van der Waals surface area contributed by atoms with E-state index in [-0.39, 0.29) is 10.8 Å². The third kappa shape index (κ3) is 4.53. The molecule has 0 atom stereocenters. The van der Waals surface area contributed by atoms with Crippen molar-refractivity contribution in [1.29, 1.82) is 0 Å². The van der Waals surface area contributed by atoms with Gasteiger partial charge in [0.15, 0.2) is 0 Å². The standard InChI is InChI=1S/C25H25ClN4O3S/c26-22-8-9-24(27-17-22)28-12-14-29(15-13-28)25(31)20-6-3-7-23(16-20)34(32,33)30-11-10-19-4-1-2-5-21(19)18-30/h1-9,16-17H,10-15,18H2. The first kappa shape index (κ1) is 22.8. The van der Waals surface area contributed by atoms with Crippen molar-refractivity contribution >= 4 is 33.3 Å². The zero-order chi connectivity index (χ0) is 23.7. The Labute approximate surface area is 204 Å². The molecule has 5 rings (SSSR count). The van der Waals surface area contributed by atoms with Gasteiger partial charge in [-0.2, -0.15) is 4.31 Å². The third-order valence-corrected chi connectivity index (χ3v) is 8.48. The van der Waals surface area contributed by atoms with Crippen LogP contribution in [0.15, 0.2) is 71.8 Å². The Bertz CT molecular complexity index is 1310. The van der Waals surface area contributed by atoms with Crippen molar-refractivity contribution in [1.82, 2.24) is 14.2 Å². The summed E-state index contributed by atoms with van der Waals surface area (Å²) < 4.78 is 28.2. The monoisotopic (exact) mass is 496 g/mol. The lowest BCUT2D eigenvalue weighted by atomic mass is 10.0. The molecule has 1 amide bonds. The molecule has 2 aliphatic rings. The van der Waals surface area contributed by atoms with Gasteiger partial charge in [-0.15, -0.1) is 0 Å². The molecule has 0 bridgehead atoms. The molecule has 2 aliphatic heterocycles. The number of carbonyl (C=O) groups is 1. The highest BCUT2D eigenvalue weighted by Crippen LogP contribution is 2.26. The summed E-state index contributed by atoms with van der Waals surface area (Å²) in [5.74, 6) is 0.664. The summed E-state index contributed by atoms with van der Waals surface area (Å²) in [7, 11) is -3.70. The molecule has 7 nitrogen and oxygen atoms in total. The van der Waals surface area contributed by atoms with Gasteiger partial charge in [0.05, 0.1) is 9.92 Å². The van der Waals surface area contributed by atoms with Crippen LogP contribution in [0.4, 0.5) is 5.82 Å². The normalized spacial score (nSPS) is 16.9. The molecule has 2 aromatic carbocycles. The summed E-state index contributed by atoms with van der Waals surface area (Å²) in [6, 6.07) is 18.0. The van der Waals surface area contributed by atoms with Gasteiger partial charge in [0, 0.05) is 51.0 Å².